The topological polar surface area (TPSA) is 85.9 Å². The van der Waals surface area contributed by atoms with Gasteiger partial charge in [-0.3, -0.25) is 15.0 Å². The fraction of sp³-hybridized carbons (Fsp3) is 0.250. The summed E-state index contributed by atoms with van der Waals surface area (Å²) in [6.45, 7) is 3.80. The third kappa shape index (κ3) is 4.49. The molecule has 1 heterocycles. The van der Waals surface area contributed by atoms with Crippen LogP contribution in [0.5, 0.6) is 0 Å². The maximum atomic E-state index is 12.6. The van der Waals surface area contributed by atoms with Crippen molar-refractivity contribution in [3.8, 4) is 0 Å². The zero-order valence-corrected chi connectivity index (χ0v) is 15.9. The molecule has 0 saturated carbocycles. The number of imide groups is 1. The Morgan fingerprint density at radius 1 is 1.19 bits per heavy atom. The number of carbonyl (C=O) groups excluding carboxylic acids is 2. The van der Waals surface area contributed by atoms with Gasteiger partial charge in [-0.15, -0.1) is 5.11 Å². The fourth-order valence-corrected chi connectivity index (χ4v) is 3.63. The normalized spacial score (nSPS) is 18.3. The average molecular weight is 380 g/mol. The quantitative estimate of drug-likeness (QED) is 0.366. The Hall–Kier alpha value is -2.80. The van der Waals surface area contributed by atoms with Crippen molar-refractivity contribution in [3.63, 3.8) is 0 Å². The van der Waals surface area contributed by atoms with Gasteiger partial charge < -0.3 is 0 Å². The first kappa shape index (κ1) is 19.0. The summed E-state index contributed by atoms with van der Waals surface area (Å²) in [5.41, 5.74) is 2.54. The second-order valence-electron chi connectivity index (χ2n) is 6.32. The molecule has 1 aliphatic rings. The number of anilines is 1. The Bertz CT molecular complexity index is 898. The number of rotatable bonds is 4. The monoisotopic (exact) mass is 380 g/mol. The van der Waals surface area contributed by atoms with Crippen LogP contribution in [0.3, 0.4) is 0 Å². The number of amidine groups is 1. The Morgan fingerprint density at radius 2 is 1.93 bits per heavy atom. The number of benzene rings is 2. The van der Waals surface area contributed by atoms with Crippen LogP contribution in [-0.4, -0.2) is 22.2 Å². The summed E-state index contributed by atoms with van der Waals surface area (Å²) in [6, 6.07) is 16.7. The Balaban J connectivity index is 1.64. The predicted molar refractivity (Wildman–Crippen MR) is 107 cm³/mol. The van der Waals surface area contributed by atoms with Crippen molar-refractivity contribution in [1.29, 1.82) is 5.41 Å². The van der Waals surface area contributed by atoms with Crippen LogP contribution in [0.25, 0.3) is 0 Å². The molecule has 0 bridgehead atoms. The molecule has 1 fully saturated rings. The third-order valence-electron chi connectivity index (χ3n) is 4.22. The van der Waals surface area contributed by atoms with E-state index in [1.807, 2.05) is 56.3 Å². The van der Waals surface area contributed by atoms with E-state index in [0.717, 1.165) is 22.9 Å². The van der Waals surface area contributed by atoms with Crippen molar-refractivity contribution >= 4 is 34.4 Å². The van der Waals surface area contributed by atoms with Crippen molar-refractivity contribution in [2.24, 2.45) is 10.2 Å². The summed E-state index contributed by atoms with van der Waals surface area (Å²) in [7, 11) is 0. The summed E-state index contributed by atoms with van der Waals surface area (Å²) in [5.74, 6) is -0.572. The van der Waals surface area contributed by atoms with Crippen LogP contribution in [0, 0.1) is 12.3 Å². The van der Waals surface area contributed by atoms with Crippen molar-refractivity contribution in [2.75, 3.05) is 4.90 Å². The number of azo groups is 1. The highest BCUT2D eigenvalue weighted by Gasteiger charge is 2.40. The molecule has 1 aliphatic heterocycles. The lowest BCUT2D eigenvalue weighted by Gasteiger charge is -2.15. The number of hydrogen-bond donors (Lipinski definition) is 1. The van der Waals surface area contributed by atoms with E-state index in [-0.39, 0.29) is 29.4 Å². The molecule has 27 heavy (non-hydrogen) atoms. The summed E-state index contributed by atoms with van der Waals surface area (Å²) in [4.78, 5) is 26.1. The molecule has 3 rings (SSSR count). The highest BCUT2D eigenvalue weighted by molar-refractivity contribution is 8.14. The second-order valence-corrected chi connectivity index (χ2v) is 7.52. The Morgan fingerprint density at radius 3 is 2.63 bits per heavy atom. The highest BCUT2D eigenvalue weighted by Crippen LogP contribution is 2.31. The van der Waals surface area contributed by atoms with Crippen molar-refractivity contribution < 1.29 is 9.59 Å². The lowest BCUT2D eigenvalue weighted by atomic mass is 10.1. The minimum absolute atomic E-state index is 0.0591. The molecule has 6 nitrogen and oxygen atoms in total. The standard InChI is InChI=1S/C20H20N4O2S/c1-13-7-6-10-16(11-13)24-18(25)12-17(19(24)26)27-20(21)23-22-14(2)15-8-4-3-5-9-15/h3-11,14,17,21H,12H2,1-2H3/b21-20?,23-22+. The molecule has 2 amide bonds. The molecule has 138 valence electrons. The molecule has 0 spiro atoms. The number of hydrogen-bond acceptors (Lipinski definition) is 5. The zero-order valence-electron chi connectivity index (χ0n) is 15.1. The number of thioether (sulfide) groups is 1. The van der Waals surface area contributed by atoms with Crippen LogP contribution in [-0.2, 0) is 9.59 Å². The minimum Gasteiger partial charge on any atom is -0.275 e. The molecule has 2 unspecified atom stereocenters. The average Bonchev–Trinajstić information content (AvgIpc) is 2.93. The molecule has 1 saturated heterocycles. The van der Waals surface area contributed by atoms with Crippen LogP contribution in [0.4, 0.5) is 5.69 Å². The molecule has 2 aromatic carbocycles. The van der Waals surface area contributed by atoms with Gasteiger partial charge in [-0.2, -0.15) is 5.11 Å². The van der Waals surface area contributed by atoms with E-state index in [0.29, 0.717) is 5.69 Å². The second kappa shape index (κ2) is 8.26. The highest BCUT2D eigenvalue weighted by atomic mass is 32.2. The van der Waals surface area contributed by atoms with Gasteiger partial charge in [0, 0.05) is 6.42 Å². The summed E-state index contributed by atoms with van der Waals surface area (Å²) >= 11 is 0.970. The first-order chi connectivity index (χ1) is 13.0. The molecular weight excluding hydrogens is 360 g/mol. The van der Waals surface area contributed by atoms with Gasteiger partial charge in [0.05, 0.1) is 11.7 Å². The summed E-state index contributed by atoms with van der Waals surface area (Å²) in [5, 5.41) is 15.3. The molecule has 2 atom stereocenters. The van der Waals surface area contributed by atoms with Gasteiger partial charge in [0.1, 0.15) is 5.25 Å². The smallest absolute Gasteiger partial charge is 0.247 e. The van der Waals surface area contributed by atoms with Crippen molar-refractivity contribution in [1.82, 2.24) is 0 Å². The largest absolute Gasteiger partial charge is 0.275 e. The van der Waals surface area contributed by atoms with Crippen molar-refractivity contribution in [2.45, 2.75) is 31.6 Å². The van der Waals surface area contributed by atoms with Gasteiger partial charge in [0.25, 0.3) is 0 Å². The Labute approximate surface area is 162 Å². The molecule has 2 aromatic rings. The zero-order chi connectivity index (χ0) is 19.4. The molecule has 0 aromatic heterocycles. The number of amides is 2. The van der Waals surface area contributed by atoms with Gasteiger partial charge in [-0.05, 0) is 37.1 Å². The van der Waals surface area contributed by atoms with Crippen LogP contribution < -0.4 is 4.90 Å². The van der Waals surface area contributed by atoms with E-state index < -0.39 is 5.25 Å². The summed E-state index contributed by atoms with van der Waals surface area (Å²) in [6.07, 6.45) is 0.0591. The lowest BCUT2D eigenvalue weighted by molar-refractivity contribution is -0.121. The van der Waals surface area contributed by atoms with Gasteiger partial charge >= 0.3 is 0 Å². The van der Waals surface area contributed by atoms with Crippen LogP contribution in [0.1, 0.15) is 30.5 Å². The van der Waals surface area contributed by atoms with Crippen molar-refractivity contribution in [3.05, 3.63) is 65.7 Å². The van der Waals surface area contributed by atoms with E-state index in [4.69, 9.17) is 5.41 Å². The maximum absolute atomic E-state index is 12.6. The molecule has 0 radical (unpaired) electrons. The summed E-state index contributed by atoms with van der Waals surface area (Å²) < 4.78 is 0. The van der Waals surface area contributed by atoms with E-state index >= 15 is 0 Å². The fourth-order valence-electron chi connectivity index (χ4n) is 2.83. The van der Waals surface area contributed by atoms with Crippen LogP contribution >= 0.6 is 11.8 Å². The van der Waals surface area contributed by atoms with Crippen LogP contribution in [0.15, 0.2) is 64.8 Å². The lowest BCUT2D eigenvalue weighted by Crippen LogP contribution is -2.31. The Kier molecular flexibility index (Phi) is 5.81. The molecule has 0 aliphatic carbocycles. The third-order valence-corrected chi connectivity index (χ3v) is 5.18. The van der Waals surface area contributed by atoms with Gasteiger partial charge in [-0.1, -0.05) is 54.2 Å². The maximum Gasteiger partial charge on any atom is 0.247 e. The first-order valence-corrected chi connectivity index (χ1v) is 9.48. The van der Waals surface area contributed by atoms with Gasteiger partial charge in [0.2, 0.25) is 17.0 Å². The number of carbonyl (C=O) groups is 2. The van der Waals surface area contributed by atoms with E-state index in [1.54, 1.807) is 12.1 Å². The number of nitrogens with one attached hydrogen (secondary N) is 1. The van der Waals surface area contributed by atoms with E-state index in [1.165, 1.54) is 4.90 Å². The molecular formula is C20H20N4O2S. The van der Waals surface area contributed by atoms with E-state index in [2.05, 4.69) is 10.2 Å². The molecule has 1 N–H and O–H groups in total. The predicted octanol–water partition coefficient (Wildman–Crippen LogP) is 4.51. The van der Waals surface area contributed by atoms with E-state index in [9.17, 15) is 9.59 Å². The first-order valence-electron chi connectivity index (χ1n) is 8.60. The van der Waals surface area contributed by atoms with Gasteiger partial charge in [0.15, 0.2) is 0 Å². The van der Waals surface area contributed by atoms with Gasteiger partial charge in [-0.25, -0.2) is 4.90 Å². The molecule has 7 heteroatoms. The minimum atomic E-state index is -0.642. The number of aryl methyl sites for hydroxylation is 1. The van der Waals surface area contributed by atoms with Crippen LogP contribution in [0.2, 0.25) is 0 Å². The number of nitrogens with zero attached hydrogens (tertiary/aromatic N) is 3. The SMILES string of the molecule is Cc1cccc(N2C(=O)CC(SC(=N)/N=N/C(C)c3ccccc3)C2=O)c1.